The van der Waals surface area contributed by atoms with Crippen LogP contribution < -0.4 is 0 Å². The van der Waals surface area contributed by atoms with Gasteiger partial charge in [0.2, 0.25) is 0 Å². The Bertz CT molecular complexity index is 1190. The lowest BCUT2D eigenvalue weighted by Crippen LogP contribution is -2.38. The van der Waals surface area contributed by atoms with Gasteiger partial charge in [-0.25, -0.2) is 4.39 Å². The summed E-state index contributed by atoms with van der Waals surface area (Å²) in [5.41, 5.74) is 4.70. The van der Waals surface area contributed by atoms with Gasteiger partial charge in [-0.1, -0.05) is 42.5 Å². The highest BCUT2D eigenvalue weighted by Gasteiger charge is 2.24. The first-order valence-corrected chi connectivity index (χ1v) is 10.6. The van der Waals surface area contributed by atoms with Crippen molar-refractivity contribution in [1.82, 2.24) is 14.9 Å². The van der Waals surface area contributed by atoms with Crippen molar-refractivity contribution in [3.8, 4) is 0 Å². The molecule has 3 heterocycles. The molecule has 0 bridgehead atoms. The summed E-state index contributed by atoms with van der Waals surface area (Å²) in [7, 11) is 0. The molecule has 4 aromatic rings. The van der Waals surface area contributed by atoms with Crippen molar-refractivity contribution in [2.45, 2.75) is 19.1 Å². The van der Waals surface area contributed by atoms with Gasteiger partial charge in [0.25, 0.3) is 0 Å². The van der Waals surface area contributed by atoms with E-state index >= 15 is 0 Å². The van der Waals surface area contributed by atoms with Gasteiger partial charge in [0.15, 0.2) is 0 Å². The van der Waals surface area contributed by atoms with Crippen molar-refractivity contribution in [2.75, 3.05) is 19.7 Å². The second-order valence-corrected chi connectivity index (χ2v) is 7.90. The van der Waals surface area contributed by atoms with Crippen molar-refractivity contribution < 1.29 is 9.13 Å². The monoisotopic (exact) mass is 413 g/mol. The molecule has 0 N–H and O–H groups in total. The van der Waals surface area contributed by atoms with Crippen LogP contribution in [-0.4, -0.2) is 34.6 Å². The fourth-order valence-corrected chi connectivity index (χ4v) is 4.18. The Balaban J connectivity index is 1.32. The smallest absolute Gasteiger partial charge is 0.126 e. The Morgan fingerprint density at radius 2 is 1.81 bits per heavy atom. The minimum absolute atomic E-state index is 0.0950. The predicted molar refractivity (Wildman–Crippen MR) is 119 cm³/mol. The van der Waals surface area contributed by atoms with Crippen molar-refractivity contribution >= 4 is 10.9 Å². The van der Waals surface area contributed by atoms with Gasteiger partial charge in [-0.05, 0) is 41.5 Å². The van der Waals surface area contributed by atoms with Gasteiger partial charge in [-0.15, -0.1) is 0 Å². The number of hydrogen-bond donors (Lipinski definition) is 0. The van der Waals surface area contributed by atoms with E-state index in [1.54, 1.807) is 6.07 Å². The maximum atomic E-state index is 14.0. The topological polar surface area (TPSA) is 38.2 Å². The zero-order valence-electron chi connectivity index (χ0n) is 17.2. The molecule has 0 saturated carbocycles. The van der Waals surface area contributed by atoms with E-state index in [1.165, 1.54) is 17.0 Å². The number of benzene rings is 2. The van der Waals surface area contributed by atoms with Crippen LogP contribution in [0.2, 0.25) is 0 Å². The first-order chi connectivity index (χ1) is 15.3. The minimum atomic E-state index is -0.195. The molecule has 0 radical (unpaired) electrons. The first-order valence-electron chi connectivity index (χ1n) is 10.6. The van der Waals surface area contributed by atoms with Gasteiger partial charge in [0.1, 0.15) is 11.9 Å². The number of pyridine rings is 2. The summed E-state index contributed by atoms with van der Waals surface area (Å²) < 4.78 is 20.1. The van der Waals surface area contributed by atoms with E-state index in [0.29, 0.717) is 18.6 Å². The van der Waals surface area contributed by atoms with E-state index in [9.17, 15) is 4.39 Å². The molecule has 5 rings (SSSR count). The number of hydrogen-bond acceptors (Lipinski definition) is 4. The molecule has 1 unspecified atom stereocenters. The average Bonchev–Trinajstić information content (AvgIpc) is 2.81. The normalized spacial score (nSPS) is 17.1. The minimum Gasteiger partial charge on any atom is -0.369 e. The molecule has 2 aromatic heterocycles. The number of fused-ring (bicyclic) bond motifs is 1. The maximum absolute atomic E-state index is 14.0. The highest BCUT2D eigenvalue weighted by Crippen LogP contribution is 2.25. The average molecular weight is 413 g/mol. The fraction of sp³-hybridized carbons (Fsp3) is 0.231. The Kier molecular flexibility index (Phi) is 5.69. The lowest BCUT2D eigenvalue weighted by Gasteiger charge is -2.33. The van der Waals surface area contributed by atoms with Crippen molar-refractivity contribution in [1.29, 1.82) is 0 Å². The number of aromatic nitrogens is 2. The van der Waals surface area contributed by atoms with Crippen LogP contribution in [0.15, 0.2) is 79.0 Å². The number of ether oxygens (including phenoxy) is 1. The van der Waals surface area contributed by atoms with Gasteiger partial charge in [0.05, 0.1) is 17.8 Å². The third-order valence-corrected chi connectivity index (χ3v) is 5.77. The highest BCUT2D eigenvalue weighted by molar-refractivity contribution is 5.81. The maximum Gasteiger partial charge on any atom is 0.126 e. The molecule has 0 spiro atoms. The molecule has 5 heteroatoms. The summed E-state index contributed by atoms with van der Waals surface area (Å²) in [5.74, 6) is -0.195. The molecular weight excluding hydrogens is 389 g/mol. The van der Waals surface area contributed by atoms with Crippen LogP contribution in [0.1, 0.15) is 28.6 Å². The molecule has 1 saturated heterocycles. The fourth-order valence-electron chi connectivity index (χ4n) is 4.18. The Labute approximate surface area is 181 Å². The highest BCUT2D eigenvalue weighted by atomic mass is 19.1. The molecule has 1 atom stereocenters. The molecule has 156 valence electrons. The molecule has 0 aliphatic carbocycles. The van der Waals surface area contributed by atoms with E-state index in [4.69, 9.17) is 9.72 Å². The zero-order chi connectivity index (χ0) is 21.0. The quantitative estimate of drug-likeness (QED) is 0.465. The summed E-state index contributed by atoms with van der Waals surface area (Å²) in [5, 5.41) is 1.19. The van der Waals surface area contributed by atoms with Crippen molar-refractivity contribution in [2.24, 2.45) is 0 Å². The van der Waals surface area contributed by atoms with Crippen LogP contribution >= 0.6 is 0 Å². The van der Waals surface area contributed by atoms with Gasteiger partial charge < -0.3 is 4.74 Å². The van der Waals surface area contributed by atoms with Crippen molar-refractivity contribution in [3.05, 3.63) is 107 Å². The number of rotatable bonds is 5. The molecule has 4 nitrogen and oxygen atoms in total. The van der Waals surface area contributed by atoms with E-state index in [2.05, 4.69) is 28.1 Å². The Hall–Kier alpha value is -3.15. The van der Waals surface area contributed by atoms with Gasteiger partial charge in [-0.2, -0.15) is 0 Å². The first kappa shape index (κ1) is 19.8. The predicted octanol–water partition coefficient (Wildman–Crippen LogP) is 4.93. The van der Waals surface area contributed by atoms with Crippen LogP contribution in [-0.2, 0) is 17.7 Å². The number of halogens is 1. The van der Waals surface area contributed by atoms with Crippen LogP contribution in [0.25, 0.3) is 10.9 Å². The van der Waals surface area contributed by atoms with E-state index < -0.39 is 0 Å². The van der Waals surface area contributed by atoms with Crippen LogP contribution in [0.3, 0.4) is 0 Å². The zero-order valence-corrected chi connectivity index (χ0v) is 17.2. The number of nitrogens with zero attached hydrogens (tertiary/aromatic N) is 3. The third kappa shape index (κ3) is 4.48. The summed E-state index contributed by atoms with van der Waals surface area (Å²) in [6.07, 6.45) is 2.21. The lowest BCUT2D eigenvalue weighted by atomic mass is 10.1. The second-order valence-electron chi connectivity index (χ2n) is 7.90. The summed E-state index contributed by atoms with van der Waals surface area (Å²) in [6.45, 7) is 3.15. The van der Waals surface area contributed by atoms with E-state index in [0.717, 1.165) is 36.5 Å². The molecule has 1 aliphatic rings. The third-order valence-electron chi connectivity index (χ3n) is 5.77. The van der Waals surface area contributed by atoms with Crippen molar-refractivity contribution in [3.63, 3.8) is 0 Å². The summed E-state index contributed by atoms with van der Waals surface area (Å²) in [6, 6.07) is 23.2. The SMILES string of the molecule is Fc1ccccc1Cc1cccc(C2CN(Cc3cccc4ncccc34)CCO2)n1. The molecule has 31 heavy (non-hydrogen) atoms. The summed E-state index contributed by atoms with van der Waals surface area (Å²) in [4.78, 5) is 11.7. The van der Waals surface area contributed by atoms with Crippen LogP contribution in [0, 0.1) is 5.82 Å². The molecule has 1 fully saturated rings. The Morgan fingerprint density at radius 3 is 2.74 bits per heavy atom. The molecule has 2 aromatic carbocycles. The van der Waals surface area contributed by atoms with Gasteiger partial charge in [0, 0.05) is 43.3 Å². The Morgan fingerprint density at radius 1 is 0.935 bits per heavy atom. The van der Waals surface area contributed by atoms with E-state index in [-0.39, 0.29) is 11.9 Å². The number of morpholine rings is 1. The molecular formula is C26H24FN3O. The largest absolute Gasteiger partial charge is 0.369 e. The summed E-state index contributed by atoms with van der Waals surface area (Å²) >= 11 is 0. The standard InChI is InChI=1S/C26H24FN3O/c27-23-10-2-1-6-19(23)16-21-8-4-12-25(29-21)26-18-30(14-15-31-26)17-20-7-3-11-24-22(20)9-5-13-28-24/h1-13,26H,14-18H2. The molecule has 0 amide bonds. The van der Waals surface area contributed by atoms with E-state index in [1.807, 2.05) is 48.7 Å². The van der Waals surface area contributed by atoms with Crippen LogP contribution in [0.5, 0.6) is 0 Å². The molecule has 1 aliphatic heterocycles. The lowest BCUT2D eigenvalue weighted by molar-refractivity contribution is -0.0349. The van der Waals surface area contributed by atoms with Crippen LogP contribution in [0.4, 0.5) is 4.39 Å². The second kappa shape index (κ2) is 8.92. The van der Waals surface area contributed by atoms with Gasteiger partial charge in [-0.3, -0.25) is 14.9 Å². The van der Waals surface area contributed by atoms with Gasteiger partial charge >= 0.3 is 0 Å².